The lowest BCUT2D eigenvalue weighted by Crippen LogP contribution is -2.24. The Bertz CT molecular complexity index is 578. The minimum Gasteiger partial charge on any atom is -0.477 e. The molecule has 2 aromatic heterocycles. The highest BCUT2D eigenvalue weighted by atomic mass is 16.4. The zero-order valence-corrected chi connectivity index (χ0v) is 10.7. The summed E-state index contributed by atoms with van der Waals surface area (Å²) in [4.78, 5) is 26.0. The van der Waals surface area contributed by atoms with Crippen LogP contribution in [0.25, 0.3) is 0 Å². The molecule has 0 spiro atoms. The fraction of sp³-hybridized carbons (Fsp3) is 0.231. The van der Waals surface area contributed by atoms with Gasteiger partial charge in [0.1, 0.15) is 5.69 Å². The molecule has 0 unspecified atom stereocenters. The second-order valence-corrected chi connectivity index (χ2v) is 4.15. The molecule has 2 N–H and O–H groups in total. The van der Waals surface area contributed by atoms with Crippen molar-refractivity contribution in [3.05, 3.63) is 48.0 Å². The summed E-state index contributed by atoms with van der Waals surface area (Å²) >= 11 is 0. The van der Waals surface area contributed by atoms with Gasteiger partial charge in [-0.2, -0.15) is 5.10 Å². The van der Waals surface area contributed by atoms with E-state index in [4.69, 9.17) is 5.11 Å². The molecular formula is C13H14N4O3. The highest BCUT2D eigenvalue weighted by molar-refractivity contribution is 5.85. The van der Waals surface area contributed by atoms with Crippen LogP contribution in [0.2, 0.25) is 0 Å². The monoisotopic (exact) mass is 274 g/mol. The summed E-state index contributed by atoms with van der Waals surface area (Å²) in [6.45, 7) is 0.847. The van der Waals surface area contributed by atoms with Gasteiger partial charge in [-0.3, -0.25) is 9.48 Å². The summed E-state index contributed by atoms with van der Waals surface area (Å²) in [5.74, 6) is -1.16. The lowest BCUT2D eigenvalue weighted by molar-refractivity contribution is -0.121. The van der Waals surface area contributed by atoms with Crippen molar-refractivity contribution < 1.29 is 14.7 Å². The molecule has 1 amide bonds. The van der Waals surface area contributed by atoms with Crippen LogP contribution in [-0.4, -0.2) is 31.7 Å². The molecule has 2 aromatic rings. The van der Waals surface area contributed by atoms with E-state index in [2.05, 4.69) is 15.4 Å². The topological polar surface area (TPSA) is 97.1 Å². The molecule has 2 rings (SSSR count). The molecule has 0 aliphatic rings. The molecule has 0 radical (unpaired) electrons. The van der Waals surface area contributed by atoms with Gasteiger partial charge < -0.3 is 10.4 Å². The second-order valence-electron chi connectivity index (χ2n) is 4.15. The molecule has 0 atom stereocenters. The van der Waals surface area contributed by atoms with E-state index in [1.165, 1.54) is 12.3 Å². The number of aromatic carboxylic acids is 1. The van der Waals surface area contributed by atoms with Crippen LogP contribution in [0.15, 0.2) is 36.8 Å². The van der Waals surface area contributed by atoms with Crippen molar-refractivity contribution in [1.29, 1.82) is 0 Å². The van der Waals surface area contributed by atoms with Gasteiger partial charge in [0.15, 0.2) is 0 Å². The Morgan fingerprint density at radius 3 is 2.80 bits per heavy atom. The van der Waals surface area contributed by atoms with E-state index in [0.717, 1.165) is 5.56 Å². The van der Waals surface area contributed by atoms with E-state index in [9.17, 15) is 9.59 Å². The van der Waals surface area contributed by atoms with Gasteiger partial charge in [0, 0.05) is 38.1 Å². The van der Waals surface area contributed by atoms with Gasteiger partial charge in [-0.25, -0.2) is 9.78 Å². The van der Waals surface area contributed by atoms with Gasteiger partial charge in [-0.05, 0) is 17.7 Å². The number of hydrogen-bond acceptors (Lipinski definition) is 4. The molecule has 0 bridgehead atoms. The maximum Gasteiger partial charge on any atom is 0.354 e. The van der Waals surface area contributed by atoms with Crippen molar-refractivity contribution in [3.63, 3.8) is 0 Å². The Morgan fingerprint density at radius 1 is 1.35 bits per heavy atom. The van der Waals surface area contributed by atoms with Crippen molar-refractivity contribution >= 4 is 11.9 Å². The number of nitrogens with one attached hydrogen (secondary N) is 1. The number of amides is 1. The Kier molecular flexibility index (Phi) is 4.43. The van der Waals surface area contributed by atoms with Crippen molar-refractivity contribution in [2.45, 2.75) is 19.5 Å². The maximum absolute atomic E-state index is 11.6. The Morgan fingerprint density at radius 2 is 2.20 bits per heavy atom. The van der Waals surface area contributed by atoms with E-state index < -0.39 is 5.97 Å². The highest BCUT2D eigenvalue weighted by Gasteiger charge is 2.05. The fourth-order valence-electron chi connectivity index (χ4n) is 1.59. The predicted molar refractivity (Wildman–Crippen MR) is 69.9 cm³/mol. The van der Waals surface area contributed by atoms with E-state index in [-0.39, 0.29) is 11.6 Å². The van der Waals surface area contributed by atoms with Crippen LogP contribution in [-0.2, 0) is 17.9 Å². The van der Waals surface area contributed by atoms with Crippen molar-refractivity contribution in [3.8, 4) is 0 Å². The van der Waals surface area contributed by atoms with Crippen LogP contribution in [0.4, 0.5) is 0 Å². The van der Waals surface area contributed by atoms with Gasteiger partial charge in [-0.1, -0.05) is 6.07 Å². The van der Waals surface area contributed by atoms with Crippen LogP contribution < -0.4 is 5.32 Å². The molecule has 7 heteroatoms. The van der Waals surface area contributed by atoms with Crippen molar-refractivity contribution in [1.82, 2.24) is 20.1 Å². The minimum atomic E-state index is -1.07. The van der Waals surface area contributed by atoms with E-state index >= 15 is 0 Å². The number of pyridine rings is 1. The average Bonchev–Trinajstić information content (AvgIpc) is 2.96. The lowest BCUT2D eigenvalue weighted by atomic mass is 10.2. The first-order valence-corrected chi connectivity index (χ1v) is 6.07. The molecule has 7 nitrogen and oxygen atoms in total. The number of aryl methyl sites for hydroxylation is 1. The number of carboxylic acids is 1. The van der Waals surface area contributed by atoms with E-state index in [0.29, 0.717) is 19.5 Å². The molecule has 0 saturated heterocycles. The number of carboxylic acid groups (broad SMARTS) is 1. The second kappa shape index (κ2) is 6.46. The number of carbonyl (C=O) groups is 2. The van der Waals surface area contributed by atoms with Gasteiger partial charge in [-0.15, -0.1) is 0 Å². The number of nitrogens with zero attached hydrogens (tertiary/aromatic N) is 3. The Labute approximate surface area is 115 Å². The average molecular weight is 274 g/mol. The summed E-state index contributed by atoms with van der Waals surface area (Å²) < 4.78 is 1.68. The number of aromatic nitrogens is 3. The SMILES string of the molecule is O=C(CCn1cccn1)NCc1ccc(C(=O)O)nc1. The first-order chi connectivity index (χ1) is 9.65. The molecule has 2 heterocycles. The van der Waals surface area contributed by atoms with Crippen LogP contribution in [0, 0.1) is 0 Å². The third kappa shape index (κ3) is 3.91. The molecule has 0 aromatic carbocycles. The summed E-state index contributed by atoms with van der Waals surface area (Å²) in [7, 11) is 0. The van der Waals surface area contributed by atoms with Gasteiger partial charge in [0.25, 0.3) is 0 Å². The fourth-order valence-corrected chi connectivity index (χ4v) is 1.59. The number of rotatable bonds is 6. The summed E-state index contributed by atoms with van der Waals surface area (Å²) in [6, 6.07) is 4.84. The first-order valence-electron chi connectivity index (χ1n) is 6.07. The summed E-state index contributed by atoms with van der Waals surface area (Å²) in [6.07, 6.45) is 5.23. The highest BCUT2D eigenvalue weighted by Crippen LogP contribution is 2.00. The minimum absolute atomic E-state index is 0.0150. The van der Waals surface area contributed by atoms with Crippen LogP contribution in [0.3, 0.4) is 0 Å². The molecule has 0 aliphatic carbocycles. The standard InChI is InChI=1S/C13H14N4O3/c18-12(4-7-17-6-1-5-16-17)15-9-10-2-3-11(13(19)20)14-8-10/h1-3,5-6,8H,4,7,9H2,(H,15,18)(H,19,20). The van der Waals surface area contributed by atoms with Crippen LogP contribution in [0.5, 0.6) is 0 Å². The molecule has 20 heavy (non-hydrogen) atoms. The Balaban J connectivity index is 1.76. The first kappa shape index (κ1) is 13.7. The molecule has 0 saturated carbocycles. The maximum atomic E-state index is 11.6. The predicted octanol–water partition coefficient (Wildman–Crippen LogP) is 0.683. The molecule has 0 aliphatic heterocycles. The van der Waals surface area contributed by atoms with E-state index in [1.54, 1.807) is 29.2 Å². The van der Waals surface area contributed by atoms with E-state index in [1.807, 2.05) is 0 Å². The number of carbonyl (C=O) groups excluding carboxylic acids is 1. The zero-order chi connectivity index (χ0) is 14.4. The zero-order valence-electron chi connectivity index (χ0n) is 10.7. The van der Waals surface area contributed by atoms with Crippen molar-refractivity contribution in [2.24, 2.45) is 0 Å². The number of hydrogen-bond donors (Lipinski definition) is 2. The van der Waals surface area contributed by atoms with Crippen LogP contribution >= 0.6 is 0 Å². The largest absolute Gasteiger partial charge is 0.477 e. The van der Waals surface area contributed by atoms with Gasteiger partial charge >= 0.3 is 5.97 Å². The normalized spacial score (nSPS) is 10.2. The third-order valence-corrected chi connectivity index (χ3v) is 2.66. The van der Waals surface area contributed by atoms with Crippen molar-refractivity contribution in [2.75, 3.05) is 0 Å². The quantitative estimate of drug-likeness (QED) is 0.807. The Hall–Kier alpha value is -2.70. The molecular weight excluding hydrogens is 260 g/mol. The summed E-state index contributed by atoms with van der Waals surface area (Å²) in [5, 5.41) is 15.5. The van der Waals surface area contributed by atoms with Gasteiger partial charge in [0.05, 0.1) is 0 Å². The smallest absolute Gasteiger partial charge is 0.354 e. The molecule has 104 valence electrons. The lowest BCUT2D eigenvalue weighted by Gasteiger charge is -2.05. The van der Waals surface area contributed by atoms with Gasteiger partial charge in [0.2, 0.25) is 5.91 Å². The summed E-state index contributed by atoms with van der Waals surface area (Å²) in [5.41, 5.74) is 0.737. The molecule has 0 fully saturated rings. The third-order valence-electron chi connectivity index (χ3n) is 2.66. The van der Waals surface area contributed by atoms with Crippen LogP contribution in [0.1, 0.15) is 22.5 Å².